The van der Waals surface area contributed by atoms with Gasteiger partial charge in [0.25, 0.3) is 0 Å². The van der Waals surface area contributed by atoms with E-state index in [0.717, 1.165) is 28.1 Å². The van der Waals surface area contributed by atoms with E-state index < -0.39 is 8.96 Å². The summed E-state index contributed by atoms with van der Waals surface area (Å²) >= 11 is 0. The van der Waals surface area contributed by atoms with Crippen LogP contribution < -0.4 is 10.4 Å². The van der Waals surface area contributed by atoms with Crippen LogP contribution in [0.2, 0.25) is 0 Å². The molecule has 0 N–H and O–H groups in total. The largest absolute Gasteiger partial charge is 0.430 e. The van der Waals surface area contributed by atoms with Gasteiger partial charge < -0.3 is 17.6 Å². The number of furan rings is 1. The Kier molecular flexibility index (Phi) is 7.78. The normalized spacial score (nSPS) is 11.4. The zero-order valence-corrected chi connectivity index (χ0v) is 28.8. The molecule has 0 fully saturated rings. The van der Waals surface area contributed by atoms with Gasteiger partial charge >= 0.3 is 5.78 Å². The number of aryl methyl sites for hydroxylation is 3. The van der Waals surface area contributed by atoms with Crippen LogP contribution in [0.5, 0.6) is 0 Å². The topological polar surface area (TPSA) is 79.7 Å². The van der Waals surface area contributed by atoms with Crippen molar-refractivity contribution in [3.05, 3.63) is 134 Å². The van der Waals surface area contributed by atoms with Gasteiger partial charge in [0.1, 0.15) is 17.5 Å². The molecule has 228 valence electrons. The van der Waals surface area contributed by atoms with Crippen LogP contribution in [0.15, 0.2) is 131 Å². The van der Waals surface area contributed by atoms with E-state index in [9.17, 15) is 0 Å². The molecule has 4 aromatic carbocycles. The van der Waals surface area contributed by atoms with Crippen molar-refractivity contribution >= 4 is 63.5 Å². The number of benzene rings is 4. The molecule has 9 rings (SSSR count). The van der Waals surface area contributed by atoms with E-state index in [4.69, 9.17) is 13.8 Å². The van der Waals surface area contributed by atoms with Crippen molar-refractivity contribution in [3.63, 3.8) is 0 Å². The third kappa shape index (κ3) is 4.91. The van der Waals surface area contributed by atoms with Crippen LogP contribution in [0.25, 0.3) is 49.8 Å². The molecule has 5 heterocycles. The maximum Gasteiger partial charge on any atom is 0.320 e. The first-order valence-corrected chi connectivity index (χ1v) is 16.2. The van der Waals surface area contributed by atoms with Crippen molar-refractivity contribution in [3.8, 4) is 5.69 Å². The van der Waals surface area contributed by atoms with Crippen molar-refractivity contribution in [2.75, 3.05) is 0 Å². The quantitative estimate of drug-likeness (QED) is 0.189. The summed E-state index contributed by atoms with van der Waals surface area (Å²) in [7, 11) is 0.766. The van der Waals surface area contributed by atoms with Gasteiger partial charge in [0.05, 0.1) is 23.1 Å². The molecule has 0 aliphatic rings. The maximum atomic E-state index is 5.22. The molecule has 10 heteroatoms. The fraction of sp³-hybridized carbons (Fsp3) is 0.0833. The predicted octanol–water partition coefficient (Wildman–Crippen LogP) is 6.56. The molecule has 9 aromatic rings. The summed E-state index contributed by atoms with van der Waals surface area (Å²) in [6, 6.07) is 37.0. The van der Waals surface area contributed by atoms with Crippen molar-refractivity contribution in [2.45, 2.75) is 13.8 Å². The van der Waals surface area contributed by atoms with Crippen molar-refractivity contribution in [1.82, 2.24) is 28.5 Å². The van der Waals surface area contributed by atoms with Crippen LogP contribution in [-0.2, 0) is 27.2 Å². The molecule has 0 atom stereocenters. The Hall–Kier alpha value is -5.02. The molecule has 2 radical (unpaired) electrons. The molecule has 0 amide bonds. The van der Waals surface area contributed by atoms with Gasteiger partial charge in [-0.15, -0.1) is 0 Å². The summed E-state index contributed by atoms with van der Waals surface area (Å²) in [5.74, 6) is 0.428. The molecule has 0 unspecified atom stereocenters. The van der Waals surface area contributed by atoms with E-state index in [0.29, 0.717) is 11.3 Å². The van der Waals surface area contributed by atoms with E-state index in [1.165, 1.54) is 38.6 Å². The van der Waals surface area contributed by atoms with Gasteiger partial charge in [0.15, 0.2) is 11.9 Å². The summed E-state index contributed by atoms with van der Waals surface area (Å²) in [5.41, 5.74) is 8.24. The van der Waals surface area contributed by atoms with Gasteiger partial charge in [0.2, 0.25) is 8.96 Å². The number of imidazole rings is 1. The average Bonchev–Trinajstić information content (AvgIpc) is 3.89. The number of fused-ring (bicyclic) bond motifs is 6. The van der Waals surface area contributed by atoms with Crippen LogP contribution in [0, 0.1) is 13.8 Å². The van der Waals surface area contributed by atoms with Gasteiger partial charge in [-0.05, 0) is 42.4 Å². The summed E-state index contributed by atoms with van der Waals surface area (Å²) in [6.45, 7) is 3.93. The summed E-state index contributed by atoms with van der Waals surface area (Å²) in [5, 5.41) is 9.64. The molecular formula is C36H29IrN6O2Si. The van der Waals surface area contributed by atoms with Crippen LogP contribution in [0.1, 0.15) is 11.4 Å². The Labute approximate surface area is 279 Å². The molecule has 0 bridgehead atoms. The summed E-state index contributed by atoms with van der Waals surface area (Å²) in [6.07, 6.45) is 4.88. The van der Waals surface area contributed by atoms with Gasteiger partial charge in [0, 0.05) is 49.1 Å². The summed E-state index contributed by atoms with van der Waals surface area (Å²) < 4.78 is 16.7. The SMILES string of the molecule is Cc1cc(C)n(-c2coc3ocnc23)n1.Cn1cnc2c1ccc1c3ccccc3n([Si](c3ccccc3)c3ccccc3)c12.[Ir]. The van der Waals surface area contributed by atoms with Gasteiger partial charge in [-0.25, -0.2) is 14.6 Å². The second-order valence-electron chi connectivity index (χ2n) is 11.1. The Balaban J connectivity index is 0.000000178. The average molecular weight is 798 g/mol. The van der Waals surface area contributed by atoms with Gasteiger partial charge in [-0.1, -0.05) is 84.9 Å². The molecule has 8 nitrogen and oxygen atoms in total. The van der Waals surface area contributed by atoms with Crippen molar-refractivity contribution in [2.24, 2.45) is 7.05 Å². The number of nitrogens with zero attached hydrogens (tertiary/aromatic N) is 6. The number of hydrogen-bond donors (Lipinski definition) is 0. The van der Waals surface area contributed by atoms with E-state index >= 15 is 0 Å². The Morgan fingerprint density at radius 1 is 0.696 bits per heavy atom. The third-order valence-electron chi connectivity index (χ3n) is 8.14. The van der Waals surface area contributed by atoms with E-state index in [1.807, 2.05) is 26.2 Å². The van der Waals surface area contributed by atoms with Crippen LogP contribution in [0.3, 0.4) is 0 Å². The van der Waals surface area contributed by atoms with Crippen LogP contribution in [0.4, 0.5) is 0 Å². The van der Waals surface area contributed by atoms with Crippen molar-refractivity contribution in [1.29, 1.82) is 0 Å². The number of aromatic nitrogens is 6. The van der Waals surface area contributed by atoms with Crippen LogP contribution >= 0.6 is 0 Å². The van der Waals surface area contributed by atoms with E-state index in [2.05, 4.69) is 123 Å². The molecule has 0 spiro atoms. The van der Waals surface area contributed by atoms with Crippen molar-refractivity contribution < 1.29 is 28.9 Å². The zero-order valence-electron chi connectivity index (χ0n) is 25.4. The number of oxazole rings is 1. The molecule has 0 saturated heterocycles. The molecule has 0 saturated carbocycles. The standard InChI is InChI=1S/C26H20N3Si.C10H9N3O2.Ir/c1-28-18-27-25-24(28)17-16-22-21-14-8-9-15-23(21)29(26(22)25)30(19-10-4-2-5-11-19)20-12-6-3-7-13-20;1-6-3-7(2)13(12-6)8-4-14-10-9(8)11-5-15-10;/h2-18H,1H3;3-5H,1-2H3;. The fourth-order valence-corrected chi connectivity index (χ4v) is 8.93. The molecule has 46 heavy (non-hydrogen) atoms. The summed E-state index contributed by atoms with van der Waals surface area (Å²) in [4.78, 5) is 8.91. The minimum Gasteiger partial charge on any atom is -0.430 e. The number of para-hydroxylation sites is 1. The number of rotatable bonds is 4. The molecule has 0 aliphatic carbocycles. The molecule has 5 aromatic heterocycles. The van der Waals surface area contributed by atoms with Crippen LogP contribution in [-0.4, -0.2) is 37.5 Å². The minimum absolute atomic E-state index is 0. The fourth-order valence-electron chi connectivity index (χ4n) is 6.18. The number of hydrogen-bond acceptors (Lipinski definition) is 5. The Morgan fingerprint density at radius 3 is 2.09 bits per heavy atom. The molecule has 0 aliphatic heterocycles. The van der Waals surface area contributed by atoms with E-state index in [-0.39, 0.29) is 20.1 Å². The second-order valence-corrected chi connectivity index (χ2v) is 13.4. The second kappa shape index (κ2) is 12.1. The minimum atomic E-state index is -1.30. The van der Waals surface area contributed by atoms with Gasteiger partial charge in [-0.2, -0.15) is 5.10 Å². The predicted molar refractivity (Wildman–Crippen MR) is 180 cm³/mol. The molecular weight excluding hydrogens is 769 g/mol. The van der Waals surface area contributed by atoms with Gasteiger partial charge in [-0.3, -0.25) is 0 Å². The third-order valence-corrected chi connectivity index (χ3v) is 10.8. The first-order valence-electron chi connectivity index (χ1n) is 14.7. The first-order chi connectivity index (χ1) is 22.1. The van der Waals surface area contributed by atoms with E-state index in [1.54, 1.807) is 10.9 Å². The Bertz CT molecular complexity index is 2400. The Morgan fingerprint density at radius 2 is 1.39 bits per heavy atom. The first kappa shape index (κ1) is 29.7. The maximum absolute atomic E-state index is 5.22. The smallest absolute Gasteiger partial charge is 0.320 e. The zero-order chi connectivity index (χ0) is 30.5. The monoisotopic (exact) mass is 798 g/mol.